The van der Waals surface area contributed by atoms with E-state index in [1.54, 1.807) is 25.3 Å². The standard InChI is InChI=1S/C14H18N4O2S/c1-9-5-16-12(6-15-9)14(19)18(3)7-11-8-21-13(17-11)10(2)20-4/h5-6,8,10H,7H2,1-4H3. The van der Waals surface area contributed by atoms with Crippen molar-refractivity contribution in [2.24, 2.45) is 0 Å². The summed E-state index contributed by atoms with van der Waals surface area (Å²) in [4.78, 5) is 26.5. The van der Waals surface area contributed by atoms with Crippen LogP contribution in [0.1, 0.15) is 39.9 Å². The molecule has 2 rings (SSSR count). The quantitative estimate of drug-likeness (QED) is 0.847. The molecule has 1 unspecified atom stereocenters. The highest BCUT2D eigenvalue weighted by Crippen LogP contribution is 2.21. The third-order valence-corrected chi connectivity index (χ3v) is 4.07. The van der Waals surface area contributed by atoms with E-state index < -0.39 is 0 Å². The van der Waals surface area contributed by atoms with Gasteiger partial charge in [0.1, 0.15) is 16.8 Å². The lowest BCUT2D eigenvalue weighted by Crippen LogP contribution is -2.27. The van der Waals surface area contributed by atoms with Crippen molar-refractivity contribution in [3.8, 4) is 0 Å². The van der Waals surface area contributed by atoms with Crippen molar-refractivity contribution < 1.29 is 9.53 Å². The second kappa shape index (κ2) is 6.73. The molecule has 0 N–H and O–H groups in total. The summed E-state index contributed by atoms with van der Waals surface area (Å²) in [6.07, 6.45) is 3.04. The van der Waals surface area contributed by atoms with E-state index in [1.165, 1.54) is 17.5 Å². The normalized spacial score (nSPS) is 12.2. The molecule has 2 aromatic rings. The second-order valence-electron chi connectivity index (χ2n) is 4.76. The lowest BCUT2D eigenvalue weighted by atomic mass is 10.3. The van der Waals surface area contributed by atoms with Gasteiger partial charge in [0.15, 0.2) is 0 Å². The number of nitrogens with zero attached hydrogens (tertiary/aromatic N) is 4. The van der Waals surface area contributed by atoms with Crippen LogP contribution < -0.4 is 0 Å². The number of aryl methyl sites for hydroxylation is 1. The highest BCUT2D eigenvalue weighted by molar-refractivity contribution is 7.09. The SMILES string of the molecule is COC(C)c1nc(CN(C)C(=O)c2cnc(C)cn2)cs1. The molecule has 21 heavy (non-hydrogen) atoms. The maximum absolute atomic E-state index is 12.2. The van der Waals surface area contributed by atoms with E-state index in [0.717, 1.165) is 16.4 Å². The van der Waals surface area contributed by atoms with Gasteiger partial charge in [0.05, 0.1) is 24.1 Å². The van der Waals surface area contributed by atoms with Crippen molar-refractivity contribution >= 4 is 17.2 Å². The van der Waals surface area contributed by atoms with E-state index in [1.807, 2.05) is 19.2 Å². The number of carbonyl (C=O) groups excluding carboxylic acids is 1. The van der Waals surface area contributed by atoms with Gasteiger partial charge in [-0.3, -0.25) is 9.78 Å². The zero-order valence-corrected chi connectivity index (χ0v) is 13.3. The number of aromatic nitrogens is 3. The van der Waals surface area contributed by atoms with Gasteiger partial charge in [-0.2, -0.15) is 0 Å². The monoisotopic (exact) mass is 306 g/mol. The van der Waals surface area contributed by atoms with Crippen LogP contribution in [-0.4, -0.2) is 39.9 Å². The molecular weight excluding hydrogens is 288 g/mol. The number of carbonyl (C=O) groups is 1. The first-order valence-electron chi connectivity index (χ1n) is 6.52. The Hall–Kier alpha value is -1.86. The molecule has 0 aliphatic carbocycles. The zero-order valence-electron chi connectivity index (χ0n) is 12.5. The smallest absolute Gasteiger partial charge is 0.274 e. The Kier molecular flexibility index (Phi) is 4.98. The molecule has 0 aliphatic heterocycles. The van der Waals surface area contributed by atoms with Gasteiger partial charge in [0.25, 0.3) is 5.91 Å². The zero-order chi connectivity index (χ0) is 15.4. The molecule has 2 heterocycles. The van der Waals surface area contributed by atoms with Crippen LogP contribution in [-0.2, 0) is 11.3 Å². The summed E-state index contributed by atoms with van der Waals surface area (Å²) in [7, 11) is 3.38. The van der Waals surface area contributed by atoms with Gasteiger partial charge < -0.3 is 9.64 Å². The van der Waals surface area contributed by atoms with Crippen LogP contribution in [0.25, 0.3) is 0 Å². The van der Waals surface area contributed by atoms with Crippen LogP contribution in [0.2, 0.25) is 0 Å². The maximum Gasteiger partial charge on any atom is 0.274 e. The molecule has 1 amide bonds. The number of methoxy groups -OCH3 is 1. The molecule has 2 aromatic heterocycles. The lowest BCUT2D eigenvalue weighted by Gasteiger charge is -2.15. The summed E-state index contributed by atoms with van der Waals surface area (Å²) in [5.74, 6) is -0.170. The van der Waals surface area contributed by atoms with Crippen LogP contribution in [0.4, 0.5) is 0 Å². The molecule has 6 nitrogen and oxygen atoms in total. The van der Waals surface area contributed by atoms with Crippen molar-refractivity contribution in [1.29, 1.82) is 0 Å². The molecule has 7 heteroatoms. The summed E-state index contributed by atoms with van der Waals surface area (Å²) >= 11 is 1.53. The highest BCUT2D eigenvalue weighted by Gasteiger charge is 2.16. The molecule has 1 atom stereocenters. The van der Waals surface area contributed by atoms with Gasteiger partial charge in [-0.05, 0) is 13.8 Å². The molecule has 112 valence electrons. The topological polar surface area (TPSA) is 68.2 Å². The Bertz CT molecular complexity index is 612. The van der Waals surface area contributed by atoms with E-state index >= 15 is 0 Å². The molecule has 0 fully saturated rings. The Morgan fingerprint density at radius 2 is 2.19 bits per heavy atom. The third-order valence-electron chi connectivity index (χ3n) is 3.02. The van der Waals surface area contributed by atoms with Crippen molar-refractivity contribution in [3.05, 3.63) is 39.9 Å². The number of hydrogen-bond donors (Lipinski definition) is 0. The number of amides is 1. The summed E-state index contributed by atoms with van der Waals surface area (Å²) in [6.45, 7) is 4.21. The second-order valence-corrected chi connectivity index (χ2v) is 5.65. The van der Waals surface area contributed by atoms with Crippen LogP contribution in [0.5, 0.6) is 0 Å². The van der Waals surface area contributed by atoms with Gasteiger partial charge in [0, 0.05) is 25.7 Å². The van der Waals surface area contributed by atoms with E-state index in [2.05, 4.69) is 15.0 Å². The van der Waals surface area contributed by atoms with Crippen LogP contribution in [0.15, 0.2) is 17.8 Å². The minimum Gasteiger partial charge on any atom is -0.375 e. The average Bonchev–Trinajstić information content (AvgIpc) is 2.95. The Morgan fingerprint density at radius 1 is 1.43 bits per heavy atom. The van der Waals surface area contributed by atoms with Crippen molar-refractivity contribution in [3.63, 3.8) is 0 Å². The number of rotatable bonds is 5. The Morgan fingerprint density at radius 3 is 2.81 bits per heavy atom. The predicted octanol–water partition coefficient (Wildman–Crippen LogP) is 2.22. The molecule has 0 aromatic carbocycles. The highest BCUT2D eigenvalue weighted by atomic mass is 32.1. The molecule has 0 saturated carbocycles. The molecule has 0 aliphatic rings. The van der Waals surface area contributed by atoms with E-state index in [4.69, 9.17) is 4.74 Å². The number of ether oxygens (including phenoxy) is 1. The fraction of sp³-hybridized carbons (Fsp3) is 0.429. The fourth-order valence-electron chi connectivity index (χ4n) is 1.70. The third kappa shape index (κ3) is 3.83. The van der Waals surface area contributed by atoms with Crippen molar-refractivity contribution in [2.75, 3.05) is 14.2 Å². The number of thiazole rings is 1. The molecule has 0 bridgehead atoms. The summed E-state index contributed by atoms with van der Waals surface area (Å²) in [5, 5.41) is 2.85. The predicted molar refractivity (Wildman–Crippen MR) is 80.1 cm³/mol. The molecule has 0 spiro atoms. The molecule has 0 radical (unpaired) electrons. The summed E-state index contributed by atoms with van der Waals surface area (Å²) < 4.78 is 5.23. The average molecular weight is 306 g/mol. The molecule has 0 saturated heterocycles. The van der Waals surface area contributed by atoms with Gasteiger partial charge in [-0.15, -0.1) is 11.3 Å². The summed E-state index contributed by atoms with van der Waals surface area (Å²) in [6, 6.07) is 0. The maximum atomic E-state index is 12.2. The van der Waals surface area contributed by atoms with Gasteiger partial charge in [0.2, 0.25) is 0 Å². The van der Waals surface area contributed by atoms with E-state index in [9.17, 15) is 4.79 Å². The lowest BCUT2D eigenvalue weighted by molar-refractivity contribution is 0.0777. The van der Waals surface area contributed by atoms with Crippen LogP contribution >= 0.6 is 11.3 Å². The summed E-state index contributed by atoms with van der Waals surface area (Å²) in [5.41, 5.74) is 1.96. The fourth-order valence-corrected chi connectivity index (χ4v) is 2.54. The van der Waals surface area contributed by atoms with Gasteiger partial charge in [-0.25, -0.2) is 9.97 Å². The molecular formula is C14H18N4O2S. The first kappa shape index (κ1) is 15.5. The van der Waals surface area contributed by atoms with Crippen LogP contribution in [0, 0.1) is 6.92 Å². The van der Waals surface area contributed by atoms with Gasteiger partial charge in [-0.1, -0.05) is 0 Å². The Labute approximate surface area is 127 Å². The van der Waals surface area contributed by atoms with E-state index in [-0.39, 0.29) is 12.0 Å². The van der Waals surface area contributed by atoms with Crippen LogP contribution in [0.3, 0.4) is 0 Å². The minimum atomic E-state index is -0.170. The Balaban J connectivity index is 2.03. The first-order valence-corrected chi connectivity index (χ1v) is 7.40. The van der Waals surface area contributed by atoms with Gasteiger partial charge >= 0.3 is 0 Å². The largest absolute Gasteiger partial charge is 0.375 e. The first-order chi connectivity index (χ1) is 10.0. The van der Waals surface area contributed by atoms with Crippen molar-refractivity contribution in [1.82, 2.24) is 19.9 Å². The number of hydrogen-bond acceptors (Lipinski definition) is 6. The van der Waals surface area contributed by atoms with E-state index in [0.29, 0.717) is 12.2 Å². The minimum absolute atomic E-state index is 0.0345. The van der Waals surface area contributed by atoms with Crippen molar-refractivity contribution in [2.45, 2.75) is 26.5 Å².